The predicted molar refractivity (Wildman–Crippen MR) is 140 cm³/mol. The van der Waals surface area contributed by atoms with Crippen LogP contribution < -0.4 is 10.6 Å². The van der Waals surface area contributed by atoms with Crippen molar-refractivity contribution in [3.63, 3.8) is 0 Å². The molecule has 0 saturated heterocycles. The van der Waals surface area contributed by atoms with Crippen LogP contribution in [0.4, 0.5) is 5.69 Å². The number of thioether (sulfide) groups is 1. The first-order valence-corrected chi connectivity index (χ1v) is 12.8. The summed E-state index contributed by atoms with van der Waals surface area (Å²) < 4.78 is 3.07. The van der Waals surface area contributed by atoms with Crippen molar-refractivity contribution in [1.82, 2.24) is 20.1 Å². The second-order valence-electron chi connectivity index (χ2n) is 7.99. The van der Waals surface area contributed by atoms with Crippen molar-refractivity contribution >= 4 is 51.9 Å². The Hall–Kier alpha value is -2.40. The summed E-state index contributed by atoms with van der Waals surface area (Å²) in [5.74, 6) is 0.756. The van der Waals surface area contributed by atoms with Crippen molar-refractivity contribution in [3.05, 3.63) is 69.1 Å². The van der Waals surface area contributed by atoms with Crippen molar-refractivity contribution in [2.75, 3.05) is 11.1 Å². The van der Waals surface area contributed by atoms with Gasteiger partial charge in [0.05, 0.1) is 11.8 Å². The van der Waals surface area contributed by atoms with Crippen molar-refractivity contribution in [1.29, 1.82) is 0 Å². The quantitative estimate of drug-likeness (QED) is 0.274. The largest absolute Gasteiger partial charge is 0.342 e. The van der Waals surface area contributed by atoms with Crippen LogP contribution in [0.2, 0.25) is 0 Å². The molecule has 0 bridgehead atoms. The minimum absolute atomic E-state index is 0.107. The zero-order valence-corrected chi connectivity index (χ0v) is 22.1. The van der Waals surface area contributed by atoms with Crippen molar-refractivity contribution < 1.29 is 9.59 Å². The van der Waals surface area contributed by atoms with Crippen LogP contribution in [0.15, 0.2) is 53.7 Å². The molecule has 2 N–H and O–H groups in total. The van der Waals surface area contributed by atoms with E-state index in [1.807, 2.05) is 74.7 Å². The number of aromatic nitrogens is 3. The molecule has 1 heterocycles. The van der Waals surface area contributed by atoms with Crippen molar-refractivity contribution in [2.45, 2.75) is 45.4 Å². The van der Waals surface area contributed by atoms with Gasteiger partial charge in [0.25, 0.3) is 5.91 Å². The van der Waals surface area contributed by atoms with Gasteiger partial charge in [-0.05, 0) is 78.8 Å². The molecule has 9 heteroatoms. The SMILES string of the molecule is CCn1c(SCC(=O)Nc2ccc(I)cc2)nnc1[C@@H](NC(=O)c1cccc(C)c1)C(C)C. The molecule has 1 atom stereocenters. The molecule has 0 radical (unpaired) electrons. The average molecular weight is 577 g/mol. The summed E-state index contributed by atoms with van der Waals surface area (Å²) in [5.41, 5.74) is 2.41. The Labute approximate surface area is 212 Å². The van der Waals surface area contributed by atoms with E-state index in [0.717, 1.165) is 14.8 Å². The summed E-state index contributed by atoms with van der Waals surface area (Å²) in [4.78, 5) is 25.3. The van der Waals surface area contributed by atoms with Gasteiger partial charge < -0.3 is 15.2 Å². The number of nitrogens with zero attached hydrogens (tertiary/aromatic N) is 3. The van der Waals surface area contributed by atoms with Gasteiger partial charge in [0, 0.05) is 21.4 Å². The van der Waals surface area contributed by atoms with Crippen LogP contribution in [-0.4, -0.2) is 32.3 Å². The van der Waals surface area contributed by atoms with Crippen molar-refractivity contribution in [3.8, 4) is 0 Å². The summed E-state index contributed by atoms with van der Waals surface area (Å²) in [5, 5.41) is 15.4. The van der Waals surface area contributed by atoms with Crippen LogP contribution in [-0.2, 0) is 11.3 Å². The third-order valence-electron chi connectivity index (χ3n) is 5.03. The van der Waals surface area contributed by atoms with Gasteiger partial charge in [0.2, 0.25) is 5.91 Å². The van der Waals surface area contributed by atoms with Gasteiger partial charge in [-0.3, -0.25) is 9.59 Å². The maximum Gasteiger partial charge on any atom is 0.251 e. The van der Waals surface area contributed by atoms with E-state index in [-0.39, 0.29) is 29.5 Å². The molecule has 0 aliphatic rings. The average Bonchev–Trinajstić information content (AvgIpc) is 3.19. The molecule has 0 unspecified atom stereocenters. The van der Waals surface area contributed by atoms with Gasteiger partial charge in [-0.2, -0.15) is 0 Å². The molecule has 0 spiro atoms. The van der Waals surface area contributed by atoms with E-state index in [2.05, 4.69) is 43.4 Å². The number of carbonyl (C=O) groups excluding carboxylic acids is 2. The van der Waals surface area contributed by atoms with Gasteiger partial charge in [-0.25, -0.2) is 0 Å². The molecule has 2 amide bonds. The zero-order chi connectivity index (χ0) is 24.0. The molecule has 0 fully saturated rings. The number of hydrogen-bond acceptors (Lipinski definition) is 5. The first-order valence-electron chi connectivity index (χ1n) is 10.8. The van der Waals surface area contributed by atoms with Crippen LogP contribution >= 0.6 is 34.4 Å². The molecule has 1 aromatic heterocycles. The second-order valence-corrected chi connectivity index (χ2v) is 10.2. The fraction of sp³-hybridized carbons (Fsp3) is 0.333. The molecule has 0 saturated carbocycles. The van der Waals surface area contributed by atoms with Gasteiger partial charge >= 0.3 is 0 Å². The number of amides is 2. The standard InChI is InChI=1S/C24H28IN5O2S/c1-5-30-22(21(15(2)3)27-23(32)17-8-6-7-16(4)13-17)28-29-24(30)33-14-20(31)26-19-11-9-18(25)10-12-19/h6-13,15,21H,5,14H2,1-4H3,(H,26,31)(H,27,32)/t21-/m0/s1. The molecule has 3 rings (SSSR count). The Morgan fingerprint density at radius 3 is 2.48 bits per heavy atom. The van der Waals surface area contributed by atoms with Gasteiger partial charge in [-0.15, -0.1) is 10.2 Å². The molecule has 0 aliphatic heterocycles. The number of nitrogens with one attached hydrogen (secondary N) is 2. The second kappa shape index (κ2) is 11.6. The fourth-order valence-corrected chi connectivity index (χ4v) is 4.50. The van der Waals surface area contributed by atoms with Crippen LogP contribution in [0, 0.1) is 16.4 Å². The maximum atomic E-state index is 12.9. The number of benzene rings is 2. The topological polar surface area (TPSA) is 88.9 Å². The Morgan fingerprint density at radius 2 is 1.85 bits per heavy atom. The molecule has 3 aromatic rings. The molecule has 7 nitrogen and oxygen atoms in total. The molecular weight excluding hydrogens is 549 g/mol. The Bertz CT molecular complexity index is 1110. The number of rotatable bonds is 9. The first-order chi connectivity index (χ1) is 15.8. The van der Waals surface area contributed by atoms with Gasteiger partial charge in [0.1, 0.15) is 0 Å². The van der Waals surface area contributed by atoms with E-state index in [1.165, 1.54) is 11.8 Å². The highest BCUT2D eigenvalue weighted by Gasteiger charge is 2.26. The van der Waals surface area contributed by atoms with Crippen molar-refractivity contribution in [2.24, 2.45) is 5.92 Å². The lowest BCUT2D eigenvalue weighted by molar-refractivity contribution is -0.113. The third kappa shape index (κ3) is 6.80. The lowest BCUT2D eigenvalue weighted by Crippen LogP contribution is -2.33. The van der Waals surface area contributed by atoms with Gasteiger partial charge in [-0.1, -0.05) is 43.3 Å². The first kappa shape index (κ1) is 25.2. The molecule has 0 aliphatic carbocycles. The normalized spacial score (nSPS) is 11.9. The monoisotopic (exact) mass is 577 g/mol. The van der Waals surface area contributed by atoms with E-state index < -0.39 is 0 Å². The fourth-order valence-electron chi connectivity index (χ4n) is 3.33. The lowest BCUT2D eigenvalue weighted by atomic mass is 10.0. The molecule has 33 heavy (non-hydrogen) atoms. The molecular formula is C24H28IN5O2S. The summed E-state index contributed by atoms with van der Waals surface area (Å²) in [6.07, 6.45) is 0. The number of carbonyl (C=O) groups is 2. The van der Waals surface area contributed by atoms with Crippen LogP contribution in [0.1, 0.15) is 48.6 Å². The summed E-state index contributed by atoms with van der Waals surface area (Å²) in [6.45, 7) is 8.67. The summed E-state index contributed by atoms with van der Waals surface area (Å²) in [7, 11) is 0. The highest BCUT2D eigenvalue weighted by Crippen LogP contribution is 2.26. The highest BCUT2D eigenvalue weighted by molar-refractivity contribution is 14.1. The van der Waals surface area contributed by atoms with Crippen LogP contribution in [0.25, 0.3) is 0 Å². The molecule has 174 valence electrons. The number of halogens is 1. The zero-order valence-electron chi connectivity index (χ0n) is 19.1. The summed E-state index contributed by atoms with van der Waals surface area (Å²) in [6, 6.07) is 14.8. The Balaban J connectivity index is 1.70. The number of anilines is 1. The molecule has 2 aromatic carbocycles. The number of hydrogen-bond donors (Lipinski definition) is 2. The van der Waals surface area contributed by atoms with Crippen LogP contribution in [0.5, 0.6) is 0 Å². The minimum atomic E-state index is -0.305. The maximum absolute atomic E-state index is 12.9. The predicted octanol–water partition coefficient (Wildman–Crippen LogP) is 5.07. The summed E-state index contributed by atoms with van der Waals surface area (Å²) >= 11 is 3.56. The lowest BCUT2D eigenvalue weighted by Gasteiger charge is -2.22. The van der Waals surface area contributed by atoms with E-state index in [1.54, 1.807) is 6.07 Å². The third-order valence-corrected chi connectivity index (χ3v) is 6.72. The Kier molecular flexibility index (Phi) is 8.90. The number of aryl methyl sites for hydroxylation is 1. The van der Waals surface area contributed by atoms with E-state index in [9.17, 15) is 9.59 Å². The Morgan fingerprint density at radius 1 is 1.12 bits per heavy atom. The van der Waals surface area contributed by atoms with E-state index in [4.69, 9.17) is 0 Å². The highest BCUT2D eigenvalue weighted by atomic mass is 127. The van der Waals surface area contributed by atoms with Crippen LogP contribution in [0.3, 0.4) is 0 Å². The minimum Gasteiger partial charge on any atom is -0.342 e. The van der Waals surface area contributed by atoms with Gasteiger partial charge in [0.15, 0.2) is 11.0 Å². The smallest absolute Gasteiger partial charge is 0.251 e. The van der Waals surface area contributed by atoms with E-state index >= 15 is 0 Å². The van der Waals surface area contributed by atoms with E-state index in [0.29, 0.717) is 23.1 Å².